The van der Waals surface area contributed by atoms with E-state index in [4.69, 9.17) is 19.2 Å². The molecule has 1 saturated carbocycles. The average Bonchev–Trinajstić information content (AvgIpc) is 3.83. The number of hydrogen-bond donors (Lipinski definition) is 1. The van der Waals surface area contributed by atoms with Crippen LogP contribution >= 0.6 is 0 Å². The highest BCUT2D eigenvalue weighted by molar-refractivity contribution is 6.18. The van der Waals surface area contributed by atoms with Gasteiger partial charge in [0.25, 0.3) is 5.56 Å². The topological polar surface area (TPSA) is 184 Å². The van der Waals surface area contributed by atoms with E-state index in [1.165, 1.54) is 31.4 Å². The molecular formula is C48H55N5O10. The zero-order valence-corrected chi connectivity index (χ0v) is 36.1. The molecule has 3 fully saturated rings. The van der Waals surface area contributed by atoms with E-state index >= 15 is 0 Å². The fraction of sp³-hybridized carbons (Fsp3) is 0.542. The van der Waals surface area contributed by atoms with Gasteiger partial charge in [0.1, 0.15) is 18.9 Å². The second-order valence-corrected chi connectivity index (χ2v) is 18.0. The number of allylic oxidation sites excluding steroid dienone is 2. The number of piperidine rings is 2. The van der Waals surface area contributed by atoms with Crippen LogP contribution in [0.2, 0.25) is 0 Å². The van der Waals surface area contributed by atoms with Gasteiger partial charge < -0.3 is 33.9 Å². The Hall–Kier alpha value is -5.70. The number of fused-ring (bicyclic) bond motifs is 5. The first-order valence-electron chi connectivity index (χ1n) is 22.8. The summed E-state index contributed by atoms with van der Waals surface area (Å²) in [5.74, 6) is -2.68. The molecule has 9 rings (SSSR count). The zero-order valence-electron chi connectivity index (χ0n) is 36.1. The number of rotatable bonds is 10. The van der Waals surface area contributed by atoms with Crippen molar-refractivity contribution in [3.63, 3.8) is 0 Å². The lowest BCUT2D eigenvalue weighted by molar-refractivity contribution is -0.189. The van der Waals surface area contributed by atoms with E-state index in [0.29, 0.717) is 80.3 Å². The predicted octanol–water partition coefficient (Wildman–Crippen LogP) is 5.28. The van der Waals surface area contributed by atoms with Crippen LogP contribution in [0.3, 0.4) is 0 Å². The monoisotopic (exact) mass is 861 g/mol. The van der Waals surface area contributed by atoms with Crippen LogP contribution in [0, 0.1) is 17.8 Å². The van der Waals surface area contributed by atoms with E-state index in [1.54, 1.807) is 28.5 Å². The molecule has 3 aromatic rings. The van der Waals surface area contributed by atoms with Crippen molar-refractivity contribution in [2.24, 2.45) is 17.8 Å². The highest BCUT2D eigenvalue weighted by Gasteiger charge is 2.50. The smallest absolute Gasteiger partial charge is 0.415 e. The molecule has 1 aromatic carbocycles. The molecule has 1 atom stereocenters. The summed E-state index contributed by atoms with van der Waals surface area (Å²) in [5, 5.41) is 3.49. The molecule has 332 valence electrons. The van der Waals surface area contributed by atoms with Gasteiger partial charge in [-0.25, -0.2) is 14.6 Å². The Kier molecular flexibility index (Phi) is 11.8. The van der Waals surface area contributed by atoms with E-state index in [9.17, 15) is 33.6 Å². The Balaban J connectivity index is 0.889. The molecule has 1 N–H and O–H groups in total. The summed E-state index contributed by atoms with van der Waals surface area (Å²) in [6.07, 6.45) is 11.5. The first-order valence-corrected chi connectivity index (χ1v) is 22.8. The van der Waals surface area contributed by atoms with Gasteiger partial charge in [-0.3, -0.25) is 24.0 Å². The molecule has 6 heterocycles. The third-order valence-corrected chi connectivity index (χ3v) is 14.5. The molecule has 15 nitrogen and oxygen atoms in total. The van der Waals surface area contributed by atoms with Gasteiger partial charge in [0, 0.05) is 41.6 Å². The number of cyclic esters (lactones) is 1. The molecule has 6 aliphatic rings. The van der Waals surface area contributed by atoms with Crippen molar-refractivity contribution in [1.82, 2.24) is 24.7 Å². The van der Waals surface area contributed by atoms with E-state index in [0.717, 1.165) is 42.4 Å². The number of aryl methyl sites for hydroxylation is 1. The van der Waals surface area contributed by atoms with Crippen molar-refractivity contribution in [2.45, 2.75) is 116 Å². The second-order valence-electron chi connectivity index (χ2n) is 18.0. The third kappa shape index (κ3) is 7.97. The van der Waals surface area contributed by atoms with Crippen molar-refractivity contribution in [1.29, 1.82) is 0 Å². The summed E-state index contributed by atoms with van der Waals surface area (Å²) in [7, 11) is 0. The minimum atomic E-state index is -1.93. The molecular weight excluding hydrogens is 807 g/mol. The van der Waals surface area contributed by atoms with Gasteiger partial charge in [-0.2, -0.15) is 0 Å². The van der Waals surface area contributed by atoms with Gasteiger partial charge in [-0.15, -0.1) is 0 Å². The molecule has 2 amide bonds. The number of ketones is 2. The molecule has 2 aromatic heterocycles. The predicted molar refractivity (Wildman–Crippen MR) is 230 cm³/mol. The van der Waals surface area contributed by atoms with Crippen LogP contribution in [0.4, 0.5) is 4.79 Å². The normalized spacial score (nSPS) is 23.9. The fourth-order valence-electron chi connectivity index (χ4n) is 10.9. The van der Waals surface area contributed by atoms with Crippen molar-refractivity contribution < 1.29 is 43.0 Å². The van der Waals surface area contributed by atoms with Crippen LogP contribution < -0.4 is 15.6 Å². The minimum absolute atomic E-state index is 0.0247. The largest absolute Gasteiger partial charge is 0.457 e. The van der Waals surface area contributed by atoms with E-state index in [1.807, 2.05) is 19.1 Å². The van der Waals surface area contributed by atoms with E-state index in [2.05, 4.69) is 10.2 Å². The second kappa shape index (κ2) is 17.5. The maximum atomic E-state index is 14.3. The van der Waals surface area contributed by atoms with Gasteiger partial charge in [0.15, 0.2) is 11.6 Å². The van der Waals surface area contributed by atoms with Gasteiger partial charge in [0.05, 0.1) is 34.9 Å². The molecule has 2 saturated heterocycles. The SMILES string of the molecule is CCc1c2c(nc3ccc(OC(=O)N4CCC(N5CCCCC5)CC4)cc13)-c1cc3c(c(=O)n1C2)COC(=O)C3(CC)OC(=O)CNC(=O)C1CCC(CC2C(=O)C=CC2=O)CC1. The number of aromatic nitrogens is 2. The fourth-order valence-corrected chi connectivity index (χ4v) is 10.9. The Morgan fingerprint density at radius 1 is 0.889 bits per heavy atom. The summed E-state index contributed by atoms with van der Waals surface area (Å²) in [4.78, 5) is 101. The van der Waals surface area contributed by atoms with Crippen LogP contribution in [0.5, 0.6) is 5.75 Å². The first-order chi connectivity index (χ1) is 30.5. The number of ether oxygens (including phenoxy) is 3. The number of hydrogen-bond acceptors (Lipinski definition) is 12. The molecule has 0 spiro atoms. The van der Waals surface area contributed by atoms with Gasteiger partial charge in [0.2, 0.25) is 11.5 Å². The third-order valence-electron chi connectivity index (χ3n) is 14.5. The summed E-state index contributed by atoms with van der Waals surface area (Å²) in [6.45, 7) is 6.73. The van der Waals surface area contributed by atoms with E-state index in [-0.39, 0.29) is 71.7 Å². The Bertz CT molecular complexity index is 2450. The molecule has 15 heteroatoms. The zero-order chi connectivity index (χ0) is 44.0. The lowest BCUT2D eigenvalue weighted by Crippen LogP contribution is -2.49. The summed E-state index contributed by atoms with van der Waals surface area (Å²) >= 11 is 0. The van der Waals surface area contributed by atoms with Crippen molar-refractivity contribution in [3.05, 3.63) is 69.0 Å². The molecule has 4 aliphatic heterocycles. The van der Waals surface area contributed by atoms with Crippen LogP contribution in [0.1, 0.15) is 107 Å². The molecule has 0 radical (unpaired) electrons. The number of carbonyl (C=O) groups is 6. The Morgan fingerprint density at radius 2 is 1.62 bits per heavy atom. The van der Waals surface area contributed by atoms with Crippen LogP contribution in [-0.4, -0.2) is 93.6 Å². The maximum Gasteiger partial charge on any atom is 0.415 e. The molecule has 2 aliphatic carbocycles. The number of nitrogens with zero attached hydrogens (tertiary/aromatic N) is 4. The number of nitrogens with one attached hydrogen (secondary N) is 1. The number of pyridine rings is 2. The highest BCUT2D eigenvalue weighted by atomic mass is 16.6. The average molecular weight is 862 g/mol. The highest BCUT2D eigenvalue weighted by Crippen LogP contribution is 2.43. The maximum absolute atomic E-state index is 14.3. The van der Waals surface area contributed by atoms with Crippen LogP contribution in [-0.2, 0) is 58.6 Å². The quantitative estimate of drug-likeness (QED) is 0.161. The Morgan fingerprint density at radius 3 is 2.32 bits per heavy atom. The van der Waals surface area contributed by atoms with Gasteiger partial charge in [-0.1, -0.05) is 20.3 Å². The summed E-state index contributed by atoms with van der Waals surface area (Å²) in [5.41, 5.74) is 1.64. The summed E-state index contributed by atoms with van der Waals surface area (Å²) in [6, 6.07) is 7.61. The van der Waals surface area contributed by atoms with Crippen LogP contribution in [0.15, 0.2) is 41.2 Å². The van der Waals surface area contributed by atoms with Crippen molar-refractivity contribution in [3.8, 4) is 17.1 Å². The van der Waals surface area contributed by atoms with Crippen molar-refractivity contribution in [2.75, 3.05) is 32.7 Å². The molecule has 1 unspecified atom stereocenters. The molecule has 63 heavy (non-hydrogen) atoms. The number of esters is 2. The van der Waals surface area contributed by atoms with Gasteiger partial charge in [-0.05, 0) is 132 Å². The number of benzene rings is 1. The number of carbonyl (C=O) groups excluding carboxylic acids is 6. The Labute approximate surface area is 365 Å². The van der Waals surface area contributed by atoms with Crippen molar-refractivity contribution >= 4 is 46.4 Å². The number of amides is 2. The van der Waals surface area contributed by atoms with Crippen LogP contribution in [0.25, 0.3) is 22.3 Å². The lowest BCUT2D eigenvalue weighted by atomic mass is 9.77. The first kappa shape index (κ1) is 42.6. The lowest BCUT2D eigenvalue weighted by Gasteiger charge is -2.39. The number of likely N-dealkylation sites (tertiary alicyclic amines) is 2. The summed E-state index contributed by atoms with van der Waals surface area (Å²) < 4.78 is 19.0. The minimum Gasteiger partial charge on any atom is -0.457 e. The van der Waals surface area contributed by atoms with E-state index < -0.39 is 30.0 Å². The standard InChI is InChI=1S/C48H55N5O10/c1-3-32-33-23-31(62-47(60)52-20-16-30(17-21-52)51-18-6-5-7-19-51)12-13-38(33)50-43-35(32)26-53-39(43)24-37-36(45(53)58)27-61-46(59)48(37,4-2)63-42(56)25-49-44(57)29-10-8-28(9-11-29)22-34-40(54)14-15-41(34)55/h12-15,23-24,28-30,34H,3-11,16-22,25-27H2,1-2H3,(H,49,57). The van der Waals surface area contributed by atoms with Gasteiger partial charge >= 0.3 is 18.0 Å². The molecule has 0 bridgehead atoms.